The molecule has 0 aromatic heterocycles. The summed E-state index contributed by atoms with van der Waals surface area (Å²) in [6, 6.07) is 0. The summed E-state index contributed by atoms with van der Waals surface area (Å²) in [6.45, 7) is 6.82. The van der Waals surface area contributed by atoms with Crippen molar-refractivity contribution in [3.63, 3.8) is 0 Å². The molecule has 0 aliphatic heterocycles. The first-order valence-corrected chi connectivity index (χ1v) is 1.75. The van der Waals surface area contributed by atoms with Crippen molar-refractivity contribution in [2.45, 2.75) is 7.43 Å². The maximum Gasteiger partial charge on any atom is 0.270 e. The standard InChI is InChI=1S/C4H8N2.CH4/c1-5-4-6(2)3;/h4H2,2-3H3;1H4. The Morgan fingerprint density at radius 2 is 2.00 bits per heavy atom. The van der Waals surface area contributed by atoms with Crippen LogP contribution in [-0.4, -0.2) is 25.7 Å². The van der Waals surface area contributed by atoms with E-state index in [0.717, 1.165) is 0 Å². The first-order chi connectivity index (χ1) is 2.77. The highest BCUT2D eigenvalue weighted by Gasteiger charge is 1.82. The van der Waals surface area contributed by atoms with Crippen molar-refractivity contribution in [1.29, 1.82) is 0 Å². The average Bonchev–Trinajstić information content (AvgIpc) is 1.35. The van der Waals surface area contributed by atoms with Gasteiger partial charge in [0.15, 0.2) is 0 Å². The second-order valence-corrected chi connectivity index (χ2v) is 1.38. The van der Waals surface area contributed by atoms with Gasteiger partial charge in [-0.1, -0.05) is 7.43 Å². The minimum Gasteiger partial charge on any atom is -0.299 e. The highest BCUT2D eigenvalue weighted by molar-refractivity contribution is 4.52. The third-order valence-corrected chi connectivity index (χ3v) is 0.354. The summed E-state index contributed by atoms with van der Waals surface area (Å²) in [4.78, 5) is 4.94. The number of rotatable bonds is 1. The second-order valence-electron chi connectivity index (χ2n) is 1.38. The van der Waals surface area contributed by atoms with Crippen LogP contribution in [0.3, 0.4) is 0 Å². The highest BCUT2D eigenvalue weighted by Crippen LogP contribution is 1.69. The summed E-state index contributed by atoms with van der Waals surface area (Å²) >= 11 is 0. The molecule has 0 bridgehead atoms. The van der Waals surface area contributed by atoms with E-state index in [0.29, 0.717) is 6.67 Å². The zero-order chi connectivity index (χ0) is 4.99. The van der Waals surface area contributed by atoms with E-state index >= 15 is 0 Å². The first kappa shape index (κ1) is 9.67. The van der Waals surface area contributed by atoms with Crippen molar-refractivity contribution in [3.8, 4) is 0 Å². The van der Waals surface area contributed by atoms with E-state index in [1.165, 1.54) is 0 Å². The lowest BCUT2D eigenvalue weighted by Crippen LogP contribution is -2.08. The largest absolute Gasteiger partial charge is 0.299 e. The number of nitrogens with zero attached hydrogens (tertiary/aromatic N) is 2. The third-order valence-electron chi connectivity index (χ3n) is 0.354. The SMILES string of the molecule is C.[C-]#[N+]CN(C)C. The van der Waals surface area contributed by atoms with E-state index in [2.05, 4.69) is 4.85 Å². The minimum absolute atomic E-state index is 0. The maximum absolute atomic E-state index is 6.32. The van der Waals surface area contributed by atoms with Crippen LogP contribution in [0, 0.1) is 6.57 Å². The van der Waals surface area contributed by atoms with Gasteiger partial charge in [-0.3, -0.25) is 4.85 Å². The summed E-state index contributed by atoms with van der Waals surface area (Å²) in [7, 11) is 3.75. The van der Waals surface area contributed by atoms with Gasteiger partial charge in [0, 0.05) is 0 Å². The van der Waals surface area contributed by atoms with Gasteiger partial charge < -0.3 is 0 Å². The predicted molar refractivity (Wildman–Crippen MR) is 31.9 cm³/mol. The van der Waals surface area contributed by atoms with Crippen molar-refractivity contribution in [1.82, 2.24) is 4.90 Å². The summed E-state index contributed by atoms with van der Waals surface area (Å²) in [5, 5.41) is 0. The monoisotopic (exact) mass is 100 g/mol. The lowest BCUT2D eigenvalue weighted by atomic mass is 10.9. The highest BCUT2D eigenvalue weighted by atomic mass is 15.1. The fraction of sp³-hybridized carbons (Fsp3) is 0.800. The predicted octanol–water partition coefficient (Wildman–Crippen LogP) is 1.06. The van der Waals surface area contributed by atoms with Gasteiger partial charge in [0.1, 0.15) is 0 Å². The first-order valence-electron chi connectivity index (χ1n) is 1.75. The van der Waals surface area contributed by atoms with Gasteiger partial charge in [-0.25, -0.2) is 11.5 Å². The van der Waals surface area contributed by atoms with Gasteiger partial charge in [-0.15, -0.1) is 0 Å². The molecule has 7 heavy (non-hydrogen) atoms. The van der Waals surface area contributed by atoms with Crippen LogP contribution >= 0.6 is 0 Å². The van der Waals surface area contributed by atoms with E-state index in [9.17, 15) is 0 Å². The molecule has 0 spiro atoms. The molecular formula is C5H12N2. The Balaban J connectivity index is 0. The molecule has 0 fully saturated rings. The zero-order valence-electron chi connectivity index (χ0n) is 4.10. The molecule has 0 unspecified atom stereocenters. The molecule has 42 valence electrons. The molecular weight excluding hydrogens is 88.1 g/mol. The maximum atomic E-state index is 6.32. The molecule has 0 N–H and O–H groups in total. The molecule has 0 aromatic rings. The molecule has 0 atom stereocenters. The number of hydrogen-bond donors (Lipinski definition) is 0. The van der Waals surface area contributed by atoms with Crippen molar-refractivity contribution < 1.29 is 0 Å². The minimum atomic E-state index is 0. The summed E-state index contributed by atoms with van der Waals surface area (Å²) in [5.41, 5.74) is 0. The van der Waals surface area contributed by atoms with Gasteiger partial charge >= 0.3 is 0 Å². The van der Waals surface area contributed by atoms with Crippen LogP contribution < -0.4 is 0 Å². The Bertz CT molecular complexity index is 61.0. The number of hydrogen-bond acceptors (Lipinski definition) is 1. The van der Waals surface area contributed by atoms with Crippen LogP contribution in [0.25, 0.3) is 4.85 Å². The lowest BCUT2D eigenvalue weighted by Gasteiger charge is -1.94. The molecule has 0 radical (unpaired) electrons. The van der Waals surface area contributed by atoms with Gasteiger partial charge in [0.05, 0.1) is 0 Å². The Kier molecular flexibility index (Phi) is 7.53. The molecule has 0 aliphatic carbocycles. The van der Waals surface area contributed by atoms with E-state index in [-0.39, 0.29) is 7.43 Å². The molecule has 0 aliphatic rings. The molecule has 0 amide bonds. The summed E-state index contributed by atoms with van der Waals surface area (Å²) in [5.74, 6) is 0. The van der Waals surface area contributed by atoms with Crippen molar-refractivity contribution in [3.05, 3.63) is 11.4 Å². The van der Waals surface area contributed by atoms with Crippen LogP contribution in [0.5, 0.6) is 0 Å². The Hall–Kier alpha value is -0.550. The van der Waals surface area contributed by atoms with Crippen molar-refractivity contribution in [2.24, 2.45) is 0 Å². The third kappa shape index (κ3) is 10.8. The van der Waals surface area contributed by atoms with E-state index < -0.39 is 0 Å². The van der Waals surface area contributed by atoms with Crippen LogP contribution in [0.2, 0.25) is 0 Å². The van der Waals surface area contributed by atoms with Crippen LogP contribution in [-0.2, 0) is 0 Å². The fourth-order valence-corrected chi connectivity index (χ4v) is 0.141. The lowest BCUT2D eigenvalue weighted by molar-refractivity contribution is 0.455. The molecule has 0 aromatic carbocycles. The van der Waals surface area contributed by atoms with Gasteiger partial charge in [-0.05, 0) is 14.1 Å². The topological polar surface area (TPSA) is 7.60 Å². The van der Waals surface area contributed by atoms with E-state index in [4.69, 9.17) is 6.57 Å². The second kappa shape index (κ2) is 5.45. The van der Waals surface area contributed by atoms with E-state index in [1.807, 2.05) is 19.0 Å². The zero-order valence-corrected chi connectivity index (χ0v) is 4.10. The van der Waals surface area contributed by atoms with Gasteiger partial charge in [0.25, 0.3) is 6.67 Å². The molecule has 0 heterocycles. The van der Waals surface area contributed by atoms with Crippen LogP contribution in [0.1, 0.15) is 7.43 Å². The molecule has 2 nitrogen and oxygen atoms in total. The van der Waals surface area contributed by atoms with E-state index in [1.54, 1.807) is 0 Å². The molecule has 0 rings (SSSR count). The fourth-order valence-electron chi connectivity index (χ4n) is 0.141. The Labute approximate surface area is 45.6 Å². The molecule has 2 heteroatoms. The quantitative estimate of drug-likeness (QED) is 0.447. The summed E-state index contributed by atoms with van der Waals surface area (Å²) in [6.07, 6.45) is 0. The summed E-state index contributed by atoms with van der Waals surface area (Å²) < 4.78 is 0. The van der Waals surface area contributed by atoms with Crippen LogP contribution in [0.4, 0.5) is 0 Å². The normalized spacial score (nSPS) is 7.14. The Morgan fingerprint density at radius 1 is 1.57 bits per heavy atom. The Morgan fingerprint density at radius 3 is 2.00 bits per heavy atom. The van der Waals surface area contributed by atoms with Crippen LogP contribution in [0.15, 0.2) is 0 Å². The van der Waals surface area contributed by atoms with Crippen molar-refractivity contribution in [2.75, 3.05) is 20.8 Å². The molecule has 0 saturated carbocycles. The molecule has 0 saturated heterocycles. The van der Waals surface area contributed by atoms with Gasteiger partial charge in [-0.2, -0.15) is 0 Å². The van der Waals surface area contributed by atoms with Gasteiger partial charge in [0.2, 0.25) is 0 Å². The van der Waals surface area contributed by atoms with Crippen molar-refractivity contribution >= 4 is 0 Å². The smallest absolute Gasteiger partial charge is 0.270 e. The average molecular weight is 100 g/mol.